The largest absolute Gasteiger partial charge is 0.366 e. The van der Waals surface area contributed by atoms with E-state index in [-0.39, 0.29) is 29.5 Å². The molecule has 7 rings (SSSR count). The number of likely N-dealkylation sites (tertiary alicyclic amines) is 1. The van der Waals surface area contributed by atoms with E-state index in [0.717, 1.165) is 74.0 Å². The number of nitrogens with one attached hydrogen (secondary N) is 2. The zero-order chi connectivity index (χ0) is 25.1. The number of nitrogens with zero attached hydrogens (tertiary/aromatic N) is 3. The lowest BCUT2D eigenvalue weighted by Gasteiger charge is -2.25. The Morgan fingerprint density at radius 2 is 1.78 bits per heavy atom. The Kier molecular flexibility index (Phi) is 5.27. The van der Waals surface area contributed by atoms with E-state index < -0.39 is 5.54 Å². The summed E-state index contributed by atoms with van der Waals surface area (Å²) in [6, 6.07) is 11.2. The number of amides is 2. The molecule has 3 heterocycles. The van der Waals surface area contributed by atoms with Gasteiger partial charge in [-0.05, 0) is 73.4 Å². The molecule has 0 bridgehead atoms. The summed E-state index contributed by atoms with van der Waals surface area (Å²) in [4.78, 5) is 35.0. The number of halogens is 1. The first-order chi connectivity index (χ1) is 18.0. The van der Waals surface area contributed by atoms with Crippen molar-refractivity contribution in [2.24, 2.45) is 16.8 Å². The van der Waals surface area contributed by atoms with Crippen LogP contribution in [0.15, 0.2) is 41.4 Å². The highest BCUT2D eigenvalue weighted by Crippen LogP contribution is 2.41. The van der Waals surface area contributed by atoms with E-state index >= 15 is 4.39 Å². The van der Waals surface area contributed by atoms with E-state index in [2.05, 4.69) is 10.6 Å². The van der Waals surface area contributed by atoms with Gasteiger partial charge in [0.1, 0.15) is 17.2 Å². The minimum absolute atomic E-state index is 0.00708. The first kappa shape index (κ1) is 22.8. The van der Waals surface area contributed by atoms with Crippen molar-refractivity contribution < 1.29 is 14.0 Å². The Labute approximate surface area is 216 Å². The Morgan fingerprint density at radius 3 is 2.57 bits per heavy atom. The normalized spacial score (nSPS) is 23.9. The summed E-state index contributed by atoms with van der Waals surface area (Å²) < 4.78 is 15.7. The van der Waals surface area contributed by atoms with Crippen LogP contribution in [0.25, 0.3) is 11.1 Å². The Morgan fingerprint density at radius 1 is 1.03 bits per heavy atom. The number of benzene rings is 2. The molecule has 0 aromatic heterocycles. The molecule has 192 valence electrons. The molecule has 2 aliphatic carbocycles. The van der Waals surface area contributed by atoms with Crippen molar-refractivity contribution in [1.29, 1.82) is 0 Å². The number of rotatable bonds is 5. The molecule has 1 spiro atoms. The lowest BCUT2D eigenvalue weighted by atomic mass is 9.97. The van der Waals surface area contributed by atoms with Crippen molar-refractivity contribution in [2.75, 3.05) is 36.9 Å². The zero-order valence-corrected chi connectivity index (χ0v) is 20.9. The van der Waals surface area contributed by atoms with Gasteiger partial charge in [-0.1, -0.05) is 25.0 Å². The van der Waals surface area contributed by atoms with Crippen molar-refractivity contribution in [3.63, 3.8) is 0 Å². The summed E-state index contributed by atoms with van der Waals surface area (Å²) in [6.45, 7) is 2.58. The quantitative estimate of drug-likeness (QED) is 0.635. The van der Waals surface area contributed by atoms with Gasteiger partial charge in [-0.15, -0.1) is 0 Å². The summed E-state index contributed by atoms with van der Waals surface area (Å²) in [5.74, 6) is 0.748. The van der Waals surface area contributed by atoms with Crippen molar-refractivity contribution in [1.82, 2.24) is 9.80 Å². The predicted octanol–water partition coefficient (Wildman–Crippen LogP) is 4.45. The molecule has 2 amide bonds. The van der Waals surface area contributed by atoms with Crippen LogP contribution in [0.1, 0.15) is 50.5 Å². The molecule has 2 saturated carbocycles. The van der Waals surface area contributed by atoms with Crippen LogP contribution in [0, 0.1) is 17.7 Å². The number of anilines is 2. The van der Waals surface area contributed by atoms with Crippen LogP contribution >= 0.6 is 0 Å². The molecule has 3 fully saturated rings. The monoisotopic (exact) mass is 501 g/mol. The molecule has 2 N–H and O–H groups in total. The van der Waals surface area contributed by atoms with Gasteiger partial charge in [-0.25, -0.2) is 4.39 Å². The molecule has 5 aliphatic rings. The summed E-state index contributed by atoms with van der Waals surface area (Å²) in [5.41, 5.74) is 3.40. The third-order valence-electron chi connectivity index (χ3n) is 8.74. The molecule has 37 heavy (non-hydrogen) atoms. The fraction of sp³-hybridized carbons (Fsp3) is 0.483. The molecule has 7 nitrogen and oxygen atoms in total. The van der Waals surface area contributed by atoms with E-state index in [1.165, 1.54) is 0 Å². The van der Waals surface area contributed by atoms with E-state index in [1.54, 1.807) is 17.0 Å². The van der Waals surface area contributed by atoms with Gasteiger partial charge in [0.05, 0.1) is 23.6 Å². The van der Waals surface area contributed by atoms with Crippen molar-refractivity contribution in [3.05, 3.63) is 47.8 Å². The highest BCUT2D eigenvalue weighted by atomic mass is 19.1. The van der Waals surface area contributed by atoms with E-state index in [1.807, 2.05) is 29.2 Å². The summed E-state index contributed by atoms with van der Waals surface area (Å²) >= 11 is 0. The van der Waals surface area contributed by atoms with Crippen molar-refractivity contribution in [3.8, 4) is 11.1 Å². The Hall–Kier alpha value is -3.42. The van der Waals surface area contributed by atoms with Gasteiger partial charge in [-0.2, -0.15) is 0 Å². The molecule has 2 aromatic rings. The molecule has 1 saturated heterocycles. The van der Waals surface area contributed by atoms with Gasteiger partial charge in [0.15, 0.2) is 0 Å². The SMILES string of the molecule is O=C(C1CC1)N1CC[C@@H](CN2C(=O)C3(CCCC3)N=C2c2ccc(-c3ccc4c(c3)NCN4)cc2F)C1. The number of carbonyl (C=O) groups excluding carboxylic acids is 2. The maximum atomic E-state index is 15.7. The molecule has 1 atom stereocenters. The molecule has 2 aromatic carbocycles. The number of hydrogen-bond acceptors (Lipinski definition) is 5. The van der Waals surface area contributed by atoms with Gasteiger partial charge in [0.2, 0.25) is 5.91 Å². The van der Waals surface area contributed by atoms with Gasteiger partial charge >= 0.3 is 0 Å². The first-order valence-electron chi connectivity index (χ1n) is 13.6. The molecule has 0 unspecified atom stereocenters. The maximum Gasteiger partial charge on any atom is 0.256 e. The van der Waals surface area contributed by atoms with Crippen molar-refractivity contribution in [2.45, 2.75) is 50.5 Å². The van der Waals surface area contributed by atoms with Gasteiger partial charge < -0.3 is 15.5 Å². The predicted molar refractivity (Wildman–Crippen MR) is 141 cm³/mol. The van der Waals surface area contributed by atoms with Crippen LogP contribution in [0.5, 0.6) is 0 Å². The highest BCUT2D eigenvalue weighted by molar-refractivity contribution is 6.15. The summed E-state index contributed by atoms with van der Waals surface area (Å²) in [6.07, 6.45) is 6.23. The van der Waals surface area contributed by atoms with Crippen LogP contribution in [0.4, 0.5) is 15.8 Å². The minimum Gasteiger partial charge on any atom is -0.366 e. The molecular formula is C29H32FN5O2. The second kappa shape index (κ2) is 8.57. The zero-order valence-electron chi connectivity index (χ0n) is 20.9. The topological polar surface area (TPSA) is 77.0 Å². The average molecular weight is 502 g/mol. The lowest BCUT2D eigenvalue weighted by Crippen LogP contribution is -2.44. The van der Waals surface area contributed by atoms with Crippen LogP contribution in [-0.2, 0) is 9.59 Å². The number of carbonyl (C=O) groups is 2. The molecule has 8 heteroatoms. The number of amidine groups is 1. The van der Waals surface area contributed by atoms with Crippen LogP contribution in [0.3, 0.4) is 0 Å². The summed E-state index contributed by atoms with van der Waals surface area (Å²) in [5, 5.41) is 6.54. The Bertz CT molecular complexity index is 1310. The van der Waals surface area contributed by atoms with Gasteiger partial charge in [0.25, 0.3) is 5.91 Å². The molecule has 0 radical (unpaired) electrons. The average Bonchev–Trinajstić information content (AvgIpc) is 3.25. The number of fused-ring (bicyclic) bond motifs is 1. The highest BCUT2D eigenvalue weighted by Gasteiger charge is 2.51. The fourth-order valence-corrected chi connectivity index (χ4v) is 6.48. The number of hydrogen-bond donors (Lipinski definition) is 2. The standard InChI is InChI=1S/C29H32FN5O2/c30-23-13-20(21-6-8-24-25(14-21)32-17-31-24)5-7-22(23)26-33-29(10-1-2-11-29)28(37)35(26)16-18-9-12-34(15-18)27(36)19-3-4-19/h5-8,13-14,18-19,31-32H,1-4,9-12,15-17H2/t18-/m1/s1. The number of aliphatic imine (C=N–C) groups is 1. The third-order valence-corrected chi connectivity index (χ3v) is 8.74. The lowest BCUT2D eigenvalue weighted by molar-refractivity contribution is -0.131. The van der Waals surface area contributed by atoms with Gasteiger partial charge in [-0.3, -0.25) is 19.5 Å². The maximum absolute atomic E-state index is 15.7. The van der Waals surface area contributed by atoms with Crippen LogP contribution in [-0.4, -0.2) is 59.3 Å². The molecule has 3 aliphatic heterocycles. The van der Waals surface area contributed by atoms with E-state index in [9.17, 15) is 9.59 Å². The second-order valence-electron chi connectivity index (χ2n) is 11.3. The van der Waals surface area contributed by atoms with E-state index in [0.29, 0.717) is 31.2 Å². The van der Waals surface area contributed by atoms with Gasteiger partial charge in [0, 0.05) is 25.6 Å². The third kappa shape index (κ3) is 3.88. The van der Waals surface area contributed by atoms with E-state index in [4.69, 9.17) is 4.99 Å². The first-order valence-corrected chi connectivity index (χ1v) is 13.6. The van der Waals surface area contributed by atoms with Crippen molar-refractivity contribution >= 4 is 29.0 Å². The smallest absolute Gasteiger partial charge is 0.256 e. The fourth-order valence-electron chi connectivity index (χ4n) is 6.48. The molecular weight excluding hydrogens is 469 g/mol. The Balaban J connectivity index is 1.17. The van der Waals surface area contributed by atoms with Crippen LogP contribution in [0.2, 0.25) is 0 Å². The summed E-state index contributed by atoms with van der Waals surface area (Å²) in [7, 11) is 0. The van der Waals surface area contributed by atoms with Crippen LogP contribution < -0.4 is 10.6 Å². The second-order valence-corrected chi connectivity index (χ2v) is 11.3. The minimum atomic E-state index is -0.749.